The maximum atomic E-state index is 12.6. The van der Waals surface area contributed by atoms with Crippen LogP contribution < -0.4 is 11.1 Å². The van der Waals surface area contributed by atoms with E-state index in [0.29, 0.717) is 28.8 Å². The number of alkyl halides is 1. The zero-order valence-corrected chi connectivity index (χ0v) is 14.6. The topological polar surface area (TPSA) is 75.3 Å². The molecule has 6 heteroatoms. The summed E-state index contributed by atoms with van der Waals surface area (Å²) < 4.78 is 25.1. The van der Waals surface area contributed by atoms with Crippen LogP contribution in [0, 0.1) is 0 Å². The van der Waals surface area contributed by atoms with Crippen molar-refractivity contribution in [3.8, 4) is 0 Å². The molecule has 1 aromatic carbocycles. The molecule has 0 saturated heterocycles. The molecule has 1 aliphatic heterocycles. The van der Waals surface area contributed by atoms with E-state index in [9.17, 15) is 18.7 Å². The molecule has 1 unspecified atom stereocenters. The molecule has 138 valence electrons. The van der Waals surface area contributed by atoms with Gasteiger partial charge in [-0.3, -0.25) is 4.79 Å². The van der Waals surface area contributed by atoms with Crippen LogP contribution in [0.3, 0.4) is 0 Å². The number of hydrogen-bond acceptors (Lipinski definition) is 3. The third-order valence-corrected chi connectivity index (χ3v) is 4.39. The van der Waals surface area contributed by atoms with Crippen molar-refractivity contribution in [2.75, 3.05) is 6.67 Å². The second-order valence-corrected chi connectivity index (χ2v) is 6.25. The average molecular weight is 360 g/mol. The van der Waals surface area contributed by atoms with Gasteiger partial charge in [0.25, 0.3) is 0 Å². The molecule has 0 aromatic heterocycles. The van der Waals surface area contributed by atoms with Gasteiger partial charge in [-0.25, -0.2) is 8.78 Å². The van der Waals surface area contributed by atoms with Gasteiger partial charge in [0.1, 0.15) is 24.3 Å². The van der Waals surface area contributed by atoms with Crippen molar-refractivity contribution < 1.29 is 18.7 Å². The highest BCUT2D eigenvalue weighted by atomic mass is 19.1. The van der Waals surface area contributed by atoms with Crippen LogP contribution in [0.5, 0.6) is 0 Å². The molecule has 2 rings (SSSR count). The van der Waals surface area contributed by atoms with Gasteiger partial charge in [-0.15, -0.1) is 0 Å². The third kappa shape index (κ3) is 3.91. The lowest BCUT2D eigenvalue weighted by Crippen LogP contribution is -2.55. The number of aliphatic hydroxyl groups is 1. The molecule has 4 N–H and O–H groups in total. The van der Waals surface area contributed by atoms with Gasteiger partial charge >= 0.3 is 0 Å². The van der Waals surface area contributed by atoms with Crippen LogP contribution in [0.4, 0.5) is 8.78 Å². The van der Waals surface area contributed by atoms with Crippen LogP contribution in [-0.2, 0) is 16.9 Å². The van der Waals surface area contributed by atoms with Gasteiger partial charge in [0.15, 0.2) is 0 Å². The van der Waals surface area contributed by atoms with Crippen LogP contribution in [0.1, 0.15) is 30.0 Å². The van der Waals surface area contributed by atoms with E-state index in [1.165, 1.54) is 18.2 Å². The van der Waals surface area contributed by atoms with Crippen LogP contribution in [0.2, 0.25) is 0 Å². The number of fused-ring (bicyclic) bond motifs is 1. The van der Waals surface area contributed by atoms with E-state index in [1.807, 2.05) is 6.07 Å². The van der Waals surface area contributed by atoms with Crippen molar-refractivity contribution in [2.24, 2.45) is 5.73 Å². The molecular formula is C20H22F2N2O2. The quantitative estimate of drug-likeness (QED) is 0.411. The molecule has 0 aliphatic carbocycles. The molecule has 0 bridgehead atoms. The van der Waals surface area contributed by atoms with E-state index < -0.39 is 18.0 Å². The molecule has 1 atom stereocenters. The molecule has 1 heterocycles. The standard InChI is InChI=1S/C20H22F2N2O2/c1-3-14(8-17(25)11-22)15-4-5-16-12-24-19(26)20(23,18(16)9-15)10-13(2)6-7-21/h3-6,8-9,11,25H,1,7,10,12,23H2,2H3,(H,24,26)/b13-6+,14-8+,17-11-. The van der Waals surface area contributed by atoms with Crippen LogP contribution in [0.25, 0.3) is 5.57 Å². The van der Waals surface area contributed by atoms with Crippen molar-refractivity contribution in [3.63, 3.8) is 0 Å². The largest absolute Gasteiger partial charge is 0.506 e. The summed E-state index contributed by atoms with van der Waals surface area (Å²) >= 11 is 0. The Labute approximate surface area is 151 Å². The average Bonchev–Trinajstić information content (AvgIpc) is 2.62. The van der Waals surface area contributed by atoms with Gasteiger partial charge in [-0.2, -0.15) is 0 Å². The van der Waals surface area contributed by atoms with Crippen molar-refractivity contribution in [2.45, 2.75) is 25.4 Å². The number of rotatable bonds is 6. The Balaban J connectivity index is 2.57. The highest BCUT2D eigenvalue weighted by molar-refractivity contribution is 5.90. The zero-order valence-electron chi connectivity index (χ0n) is 14.6. The van der Waals surface area contributed by atoms with E-state index in [0.717, 1.165) is 5.56 Å². The fourth-order valence-corrected chi connectivity index (χ4v) is 3.05. The maximum Gasteiger partial charge on any atom is 0.245 e. The van der Waals surface area contributed by atoms with E-state index in [1.54, 1.807) is 19.1 Å². The summed E-state index contributed by atoms with van der Waals surface area (Å²) in [5.74, 6) is -0.888. The van der Waals surface area contributed by atoms with E-state index in [2.05, 4.69) is 11.9 Å². The normalized spacial score (nSPS) is 21.2. The molecular weight excluding hydrogens is 338 g/mol. The number of amides is 1. The van der Waals surface area contributed by atoms with Crippen molar-refractivity contribution in [1.82, 2.24) is 5.32 Å². The van der Waals surface area contributed by atoms with Crippen LogP contribution in [-0.4, -0.2) is 17.7 Å². The van der Waals surface area contributed by atoms with E-state index >= 15 is 0 Å². The molecule has 26 heavy (non-hydrogen) atoms. The maximum absolute atomic E-state index is 12.6. The molecule has 0 radical (unpaired) electrons. The second-order valence-electron chi connectivity index (χ2n) is 6.25. The van der Waals surface area contributed by atoms with Crippen molar-refractivity contribution in [3.05, 3.63) is 77.4 Å². The molecule has 0 spiro atoms. The Hall–Kier alpha value is -2.73. The van der Waals surface area contributed by atoms with Gasteiger partial charge in [0.05, 0.1) is 0 Å². The molecule has 4 nitrogen and oxygen atoms in total. The molecule has 1 aromatic rings. The Kier molecular flexibility index (Phi) is 6.10. The van der Waals surface area contributed by atoms with E-state index in [-0.39, 0.29) is 18.7 Å². The molecule has 0 saturated carbocycles. The predicted molar refractivity (Wildman–Crippen MR) is 98.5 cm³/mol. The van der Waals surface area contributed by atoms with Gasteiger partial charge in [-0.1, -0.05) is 36.4 Å². The van der Waals surface area contributed by atoms with Gasteiger partial charge in [0, 0.05) is 6.54 Å². The Morgan fingerprint density at radius 3 is 2.85 bits per heavy atom. The number of carbonyl (C=O) groups excluding carboxylic acids is 1. The number of allylic oxidation sites excluding steroid dienone is 4. The Bertz CT molecular complexity index is 812. The molecule has 1 amide bonds. The highest BCUT2D eigenvalue weighted by Gasteiger charge is 2.40. The minimum absolute atomic E-state index is 0.0771. The van der Waals surface area contributed by atoms with Gasteiger partial charge < -0.3 is 16.2 Å². The summed E-state index contributed by atoms with van der Waals surface area (Å²) in [6, 6.07) is 5.32. The number of benzene rings is 1. The van der Waals surface area contributed by atoms with Crippen molar-refractivity contribution >= 4 is 11.5 Å². The predicted octanol–water partition coefficient (Wildman–Crippen LogP) is 3.71. The summed E-state index contributed by atoms with van der Waals surface area (Å²) in [6.45, 7) is 5.10. The summed E-state index contributed by atoms with van der Waals surface area (Å²) in [4.78, 5) is 12.5. The molecule has 1 aliphatic rings. The van der Waals surface area contributed by atoms with Crippen LogP contribution in [0.15, 0.2) is 60.7 Å². The van der Waals surface area contributed by atoms with Gasteiger partial charge in [0.2, 0.25) is 5.91 Å². The number of nitrogens with one attached hydrogen (secondary N) is 1. The second kappa shape index (κ2) is 8.10. The number of halogens is 2. The third-order valence-electron chi connectivity index (χ3n) is 4.39. The number of aliphatic hydroxyl groups excluding tert-OH is 1. The SMILES string of the molecule is C=C/C(=C\C(O)=C\F)c1ccc2c(c1)C(N)(C/C(C)=C/CF)C(=O)NC2. The summed E-state index contributed by atoms with van der Waals surface area (Å²) in [6.07, 6.45) is 4.33. The lowest BCUT2D eigenvalue weighted by molar-refractivity contribution is -0.127. The number of nitrogens with two attached hydrogens (primary N) is 1. The minimum Gasteiger partial charge on any atom is -0.506 e. The number of carbonyl (C=O) groups is 1. The lowest BCUT2D eigenvalue weighted by atomic mass is 9.78. The Morgan fingerprint density at radius 1 is 1.50 bits per heavy atom. The first-order chi connectivity index (χ1) is 12.3. The fraction of sp³-hybridized carbons (Fsp3) is 0.250. The van der Waals surface area contributed by atoms with Gasteiger partial charge in [-0.05, 0) is 47.8 Å². The highest BCUT2D eigenvalue weighted by Crippen LogP contribution is 2.34. The fourth-order valence-electron chi connectivity index (χ4n) is 3.05. The Morgan fingerprint density at radius 2 is 2.23 bits per heavy atom. The summed E-state index contributed by atoms with van der Waals surface area (Å²) in [5.41, 5.74) is 8.33. The lowest BCUT2D eigenvalue weighted by Gasteiger charge is -2.35. The molecule has 0 fully saturated rings. The zero-order chi connectivity index (χ0) is 19.3. The van der Waals surface area contributed by atoms with Crippen molar-refractivity contribution in [1.29, 1.82) is 0 Å². The summed E-state index contributed by atoms with van der Waals surface area (Å²) in [5, 5.41) is 12.2. The summed E-state index contributed by atoms with van der Waals surface area (Å²) in [7, 11) is 0. The smallest absolute Gasteiger partial charge is 0.245 e. The first-order valence-corrected chi connectivity index (χ1v) is 8.11. The number of hydrogen-bond donors (Lipinski definition) is 3. The monoisotopic (exact) mass is 360 g/mol. The first kappa shape index (κ1) is 19.6. The first-order valence-electron chi connectivity index (χ1n) is 8.11. The minimum atomic E-state index is -1.34. The van der Waals surface area contributed by atoms with Crippen LogP contribution >= 0.6 is 0 Å². The van der Waals surface area contributed by atoms with E-state index in [4.69, 9.17) is 5.73 Å².